The molecule has 1 rings (SSSR count). The van der Waals surface area contributed by atoms with E-state index >= 15 is 0 Å². The smallest absolute Gasteiger partial charge is 0.0444 e. The van der Waals surface area contributed by atoms with Gasteiger partial charge in [-0.25, -0.2) is 0 Å². The van der Waals surface area contributed by atoms with Crippen molar-refractivity contribution in [2.24, 2.45) is 5.92 Å². The first kappa shape index (κ1) is 15.5. The second-order valence-electron chi connectivity index (χ2n) is 4.74. The molecule has 0 aliphatic rings. The van der Waals surface area contributed by atoms with Crippen molar-refractivity contribution in [1.82, 2.24) is 0 Å². The van der Waals surface area contributed by atoms with E-state index in [-0.39, 0.29) is 5.41 Å². The Morgan fingerprint density at radius 3 is 2.29 bits per heavy atom. The van der Waals surface area contributed by atoms with E-state index in [1.807, 2.05) is 12.1 Å². The molecule has 0 amide bonds. The molecule has 0 aromatic heterocycles. The summed E-state index contributed by atoms with van der Waals surface area (Å²) in [5.41, 5.74) is 1.34. The average Bonchev–Trinajstić information content (AvgIpc) is 2.36. The molecule has 0 saturated carbocycles. The highest BCUT2D eigenvalue weighted by Gasteiger charge is 2.33. The van der Waals surface area contributed by atoms with Gasteiger partial charge < -0.3 is 0 Å². The molecular weight excluding hydrogens is 363 g/mol. The summed E-state index contributed by atoms with van der Waals surface area (Å²) in [5.74, 6) is 0.696. The Labute approximate surface area is 126 Å². The van der Waals surface area contributed by atoms with E-state index in [0.717, 1.165) is 22.1 Å². The van der Waals surface area contributed by atoms with Gasteiger partial charge in [-0.15, -0.1) is 0 Å². The van der Waals surface area contributed by atoms with Crippen LogP contribution in [0, 0.1) is 5.92 Å². The second-order valence-corrected chi connectivity index (χ2v) is 6.27. The Morgan fingerprint density at radius 1 is 1.24 bits per heavy atom. The first-order valence-corrected chi connectivity index (χ1v) is 8.58. The molecule has 0 radical (unpaired) electrons. The molecule has 0 aliphatic heterocycles. The topological polar surface area (TPSA) is 0 Å². The van der Waals surface area contributed by atoms with Crippen LogP contribution in [0.2, 0.25) is 5.02 Å². The first-order valence-electron chi connectivity index (χ1n) is 5.96. The van der Waals surface area contributed by atoms with Crippen LogP contribution < -0.4 is 0 Å². The summed E-state index contributed by atoms with van der Waals surface area (Å²) in [6, 6.07) is 8.18. The zero-order valence-electron chi connectivity index (χ0n) is 10.3. The van der Waals surface area contributed by atoms with E-state index in [4.69, 9.17) is 11.6 Å². The molecule has 0 spiro atoms. The predicted molar refractivity (Wildman–Crippen MR) is 84.8 cm³/mol. The quantitative estimate of drug-likeness (QED) is 0.545. The molecule has 96 valence electrons. The summed E-state index contributed by atoms with van der Waals surface area (Å²) >= 11 is 13.7. The summed E-state index contributed by atoms with van der Waals surface area (Å²) in [7, 11) is 0. The summed E-state index contributed by atoms with van der Waals surface area (Å²) in [6.45, 7) is 4.54. The normalized spacial score (nSPS) is 13.7. The average molecular weight is 383 g/mol. The lowest BCUT2D eigenvalue weighted by atomic mass is 9.77. The highest BCUT2D eigenvalue weighted by Crippen LogP contribution is 2.39. The maximum atomic E-state index is 6.35. The molecule has 1 atom stereocenters. The van der Waals surface area contributed by atoms with E-state index < -0.39 is 0 Å². The van der Waals surface area contributed by atoms with E-state index in [0.29, 0.717) is 5.92 Å². The van der Waals surface area contributed by atoms with Crippen molar-refractivity contribution in [2.45, 2.75) is 32.1 Å². The van der Waals surface area contributed by atoms with Crippen molar-refractivity contribution >= 4 is 43.5 Å². The second kappa shape index (κ2) is 7.16. The summed E-state index contributed by atoms with van der Waals surface area (Å²) < 4.78 is 0. The van der Waals surface area contributed by atoms with E-state index in [1.54, 1.807) is 0 Å². The number of hydrogen-bond donors (Lipinski definition) is 0. The van der Waals surface area contributed by atoms with Crippen molar-refractivity contribution in [3.05, 3.63) is 34.9 Å². The van der Waals surface area contributed by atoms with Gasteiger partial charge in [0.15, 0.2) is 0 Å². The lowest BCUT2D eigenvalue weighted by Gasteiger charge is -2.34. The molecule has 0 saturated heterocycles. The molecular formula is C14H19Br2Cl. The lowest BCUT2D eigenvalue weighted by Crippen LogP contribution is -2.32. The van der Waals surface area contributed by atoms with Gasteiger partial charge in [-0.3, -0.25) is 0 Å². The van der Waals surface area contributed by atoms with Gasteiger partial charge in [0.1, 0.15) is 0 Å². The summed E-state index contributed by atoms with van der Waals surface area (Å²) in [5, 5.41) is 2.73. The molecule has 3 heteroatoms. The van der Waals surface area contributed by atoms with Crippen LogP contribution in [-0.4, -0.2) is 10.7 Å². The van der Waals surface area contributed by atoms with Crippen molar-refractivity contribution < 1.29 is 0 Å². The largest absolute Gasteiger partial charge is 0.0918 e. The molecule has 0 nitrogen and oxygen atoms in total. The Hall–Kier alpha value is 0.470. The van der Waals surface area contributed by atoms with Crippen LogP contribution in [0.1, 0.15) is 32.3 Å². The molecule has 0 heterocycles. The van der Waals surface area contributed by atoms with Gasteiger partial charge in [-0.05, 0) is 24.0 Å². The van der Waals surface area contributed by atoms with Crippen LogP contribution in [0.25, 0.3) is 0 Å². The lowest BCUT2D eigenvalue weighted by molar-refractivity contribution is 0.387. The molecule has 1 aromatic carbocycles. The van der Waals surface area contributed by atoms with Crippen molar-refractivity contribution in [3.63, 3.8) is 0 Å². The highest BCUT2D eigenvalue weighted by atomic mass is 79.9. The fourth-order valence-electron chi connectivity index (χ4n) is 2.10. The van der Waals surface area contributed by atoms with E-state index in [2.05, 4.69) is 57.8 Å². The van der Waals surface area contributed by atoms with Crippen molar-refractivity contribution in [1.29, 1.82) is 0 Å². The van der Waals surface area contributed by atoms with Crippen LogP contribution in [0.4, 0.5) is 0 Å². The minimum absolute atomic E-state index is 0.0910. The number of halogens is 3. The highest BCUT2D eigenvalue weighted by molar-refractivity contribution is 9.09. The van der Waals surface area contributed by atoms with Crippen molar-refractivity contribution in [3.8, 4) is 0 Å². The third kappa shape index (κ3) is 3.71. The monoisotopic (exact) mass is 380 g/mol. The van der Waals surface area contributed by atoms with Crippen LogP contribution in [-0.2, 0) is 5.41 Å². The van der Waals surface area contributed by atoms with Gasteiger partial charge in [-0.1, -0.05) is 81.9 Å². The Morgan fingerprint density at radius 2 is 1.82 bits per heavy atom. The standard InChI is InChI=1S/C14H19Br2Cl/c1-3-11(2)8-14(9-15,10-16)12-6-4-5-7-13(12)17/h4-7,11H,3,8-10H2,1-2H3. The van der Waals surface area contributed by atoms with Gasteiger partial charge in [0, 0.05) is 21.1 Å². The van der Waals surface area contributed by atoms with E-state index in [9.17, 15) is 0 Å². The SMILES string of the molecule is CCC(C)CC(CBr)(CBr)c1ccccc1Cl. The molecule has 1 aromatic rings. The minimum Gasteiger partial charge on any atom is -0.0918 e. The summed E-state index contributed by atoms with van der Waals surface area (Å²) in [6.07, 6.45) is 2.34. The number of alkyl halides is 2. The van der Waals surface area contributed by atoms with Crippen molar-refractivity contribution in [2.75, 3.05) is 10.7 Å². The predicted octanol–water partition coefficient (Wildman–Crippen LogP) is 5.80. The molecule has 0 bridgehead atoms. The zero-order valence-corrected chi connectivity index (χ0v) is 14.3. The van der Waals surface area contributed by atoms with Gasteiger partial charge in [0.25, 0.3) is 0 Å². The fraction of sp³-hybridized carbons (Fsp3) is 0.571. The first-order chi connectivity index (χ1) is 8.09. The summed E-state index contributed by atoms with van der Waals surface area (Å²) in [4.78, 5) is 0. The third-order valence-electron chi connectivity index (χ3n) is 3.39. The number of rotatable bonds is 6. The third-order valence-corrected chi connectivity index (χ3v) is 5.87. The molecule has 0 N–H and O–H groups in total. The molecule has 17 heavy (non-hydrogen) atoms. The molecule has 1 unspecified atom stereocenters. The van der Waals surface area contributed by atoms with Gasteiger partial charge in [0.05, 0.1) is 0 Å². The fourth-order valence-corrected chi connectivity index (χ4v) is 4.43. The van der Waals surface area contributed by atoms with Gasteiger partial charge >= 0.3 is 0 Å². The Kier molecular flexibility index (Phi) is 6.54. The van der Waals surface area contributed by atoms with Gasteiger partial charge in [-0.2, -0.15) is 0 Å². The maximum Gasteiger partial charge on any atom is 0.0444 e. The number of hydrogen-bond acceptors (Lipinski definition) is 0. The van der Waals surface area contributed by atoms with Crippen LogP contribution in [0.3, 0.4) is 0 Å². The maximum absolute atomic E-state index is 6.35. The zero-order chi connectivity index (χ0) is 12.9. The van der Waals surface area contributed by atoms with Crippen LogP contribution in [0.15, 0.2) is 24.3 Å². The molecule has 0 aliphatic carbocycles. The minimum atomic E-state index is 0.0910. The number of benzene rings is 1. The molecule has 0 fully saturated rings. The van der Waals surface area contributed by atoms with E-state index in [1.165, 1.54) is 12.0 Å². The van der Waals surface area contributed by atoms with Crippen LogP contribution >= 0.6 is 43.5 Å². The Balaban J connectivity index is 3.11. The van der Waals surface area contributed by atoms with Crippen LogP contribution in [0.5, 0.6) is 0 Å². The van der Waals surface area contributed by atoms with Gasteiger partial charge in [0.2, 0.25) is 0 Å². The Bertz CT molecular complexity index is 348.